The van der Waals surface area contributed by atoms with Crippen molar-refractivity contribution in [2.24, 2.45) is 11.8 Å². The van der Waals surface area contributed by atoms with Gasteiger partial charge in [0, 0.05) is 6.04 Å². The van der Waals surface area contributed by atoms with Gasteiger partial charge in [0.1, 0.15) is 0 Å². The summed E-state index contributed by atoms with van der Waals surface area (Å²) < 4.78 is 37.7. The highest BCUT2D eigenvalue weighted by Gasteiger charge is 2.30. The zero-order valence-corrected chi connectivity index (χ0v) is 12.1. The Labute approximate surface area is 123 Å². The van der Waals surface area contributed by atoms with E-state index in [1.165, 1.54) is 50.7 Å². The Balaban J connectivity index is 2.03. The molecule has 0 aromatic heterocycles. The van der Waals surface area contributed by atoms with Crippen LogP contribution in [0.1, 0.15) is 62.1 Å². The van der Waals surface area contributed by atoms with Gasteiger partial charge in [-0.25, -0.2) is 0 Å². The fourth-order valence-electron chi connectivity index (χ4n) is 3.14. The normalized spacial score (nSPS) is 19.2. The van der Waals surface area contributed by atoms with E-state index in [0.717, 1.165) is 24.1 Å². The van der Waals surface area contributed by atoms with Gasteiger partial charge in [0.15, 0.2) is 0 Å². The molecule has 1 aliphatic carbocycles. The lowest BCUT2D eigenvalue weighted by atomic mass is 9.89. The van der Waals surface area contributed by atoms with Crippen LogP contribution in [0.3, 0.4) is 0 Å². The minimum atomic E-state index is -4.29. The number of nitrogens with two attached hydrogens (primary N) is 1. The molecule has 2 nitrogen and oxygen atoms in total. The van der Waals surface area contributed by atoms with Crippen LogP contribution < -0.4 is 11.3 Å². The summed E-state index contributed by atoms with van der Waals surface area (Å²) in [6.07, 6.45) is 4.06. The van der Waals surface area contributed by atoms with Crippen molar-refractivity contribution in [1.82, 2.24) is 5.43 Å². The number of hydrogen-bond acceptors (Lipinski definition) is 2. The molecule has 1 unspecified atom stereocenters. The van der Waals surface area contributed by atoms with Crippen molar-refractivity contribution in [1.29, 1.82) is 0 Å². The molecule has 1 fully saturated rings. The summed E-state index contributed by atoms with van der Waals surface area (Å²) in [4.78, 5) is 0. The highest BCUT2D eigenvalue weighted by atomic mass is 19.4. The molecule has 0 heterocycles. The number of nitrogens with one attached hydrogen (secondary N) is 1. The molecular weight excluding hydrogens is 277 g/mol. The van der Waals surface area contributed by atoms with E-state index < -0.39 is 11.7 Å². The van der Waals surface area contributed by atoms with E-state index in [2.05, 4.69) is 5.43 Å². The molecule has 1 aromatic carbocycles. The first kappa shape index (κ1) is 16.3. The third-order valence-corrected chi connectivity index (χ3v) is 4.39. The van der Waals surface area contributed by atoms with Crippen LogP contribution in [0.25, 0.3) is 0 Å². The number of alkyl halides is 3. The highest BCUT2D eigenvalue weighted by Crippen LogP contribution is 2.33. The molecule has 0 spiro atoms. The zero-order valence-electron chi connectivity index (χ0n) is 12.1. The smallest absolute Gasteiger partial charge is 0.271 e. The van der Waals surface area contributed by atoms with Gasteiger partial charge in [-0.1, -0.05) is 50.7 Å². The van der Waals surface area contributed by atoms with Gasteiger partial charge < -0.3 is 0 Å². The monoisotopic (exact) mass is 300 g/mol. The van der Waals surface area contributed by atoms with Gasteiger partial charge in [-0.3, -0.25) is 11.3 Å². The summed E-state index contributed by atoms with van der Waals surface area (Å²) in [7, 11) is 0. The van der Waals surface area contributed by atoms with Crippen molar-refractivity contribution >= 4 is 0 Å². The van der Waals surface area contributed by atoms with Gasteiger partial charge in [0.2, 0.25) is 0 Å². The van der Waals surface area contributed by atoms with Crippen molar-refractivity contribution < 1.29 is 13.2 Å². The minimum absolute atomic E-state index is 0.0737. The molecule has 5 heteroatoms. The molecule has 0 radical (unpaired) electrons. The lowest BCUT2D eigenvalue weighted by molar-refractivity contribution is -0.137. The molecule has 21 heavy (non-hydrogen) atoms. The SMILES string of the molecule is NNC(CC1CCCCCC1)c1ccc(C(F)(F)F)cc1. The summed E-state index contributed by atoms with van der Waals surface area (Å²) in [6, 6.07) is 5.25. The minimum Gasteiger partial charge on any atom is -0.271 e. The summed E-state index contributed by atoms with van der Waals surface area (Å²) in [6.45, 7) is 0. The van der Waals surface area contributed by atoms with E-state index in [0.29, 0.717) is 5.92 Å². The standard InChI is InChI=1S/C16H23F3N2/c17-16(18,19)14-9-7-13(8-10-14)15(21-20)11-12-5-3-1-2-4-6-12/h7-10,12,15,21H,1-6,11,20H2. The van der Waals surface area contributed by atoms with Gasteiger partial charge in [-0.05, 0) is 30.0 Å². The van der Waals surface area contributed by atoms with Crippen LogP contribution in [-0.4, -0.2) is 0 Å². The van der Waals surface area contributed by atoms with E-state index in [4.69, 9.17) is 5.84 Å². The quantitative estimate of drug-likeness (QED) is 0.485. The molecule has 0 bridgehead atoms. The average molecular weight is 300 g/mol. The van der Waals surface area contributed by atoms with E-state index >= 15 is 0 Å². The van der Waals surface area contributed by atoms with Crippen LogP contribution in [0.4, 0.5) is 13.2 Å². The Hall–Kier alpha value is -1.07. The first-order chi connectivity index (χ1) is 10.0. The van der Waals surface area contributed by atoms with E-state index in [9.17, 15) is 13.2 Å². The fraction of sp³-hybridized carbons (Fsp3) is 0.625. The fourth-order valence-corrected chi connectivity index (χ4v) is 3.14. The lowest BCUT2D eigenvalue weighted by Crippen LogP contribution is -2.29. The molecule has 118 valence electrons. The van der Waals surface area contributed by atoms with Gasteiger partial charge >= 0.3 is 6.18 Å². The molecule has 1 saturated carbocycles. The van der Waals surface area contributed by atoms with Crippen LogP contribution in [0, 0.1) is 5.92 Å². The first-order valence-electron chi connectivity index (χ1n) is 7.64. The van der Waals surface area contributed by atoms with Gasteiger partial charge in [-0.2, -0.15) is 13.2 Å². The molecule has 1 aromatic rings. The second-order valence-electron chi connectivity index (χ2n) is 5.93. The summed E-state index contributed by atoms with van der Waals surface area (Å²) >= 11 is 0. The van der Waals surface area contributed by atoms with Crippen molar-refractivity contribution in [3.63, 3.8) is 0 Å². The number of rotatable bonds is 4. The van der Waals surface area contributed by atoms with Gasteiger partial charge in [-0.15, -0.1) is 0 Å². The molecule has 1 atom stereocenters. The number of benzene rings is 1. The third-order valence-electron chi connectivity index (χ3n) is 4.39. The summed E-state index contributed by atoms with van der Waals surface area (Å²) in [5.41, 5.74) is 2.98. The largest absolute Gasteiger partial charge is 0.416 e. The molecule has 2 rings (SSSR count). The topological polar surface area (TPSA) is 38.0 Å². The molecule has 0 aliphatic heterocycles. The maximum Gasteiger partial charge on any atom is 0.416 e. The Morgan fingerprint density at radius 1 is 1.05 bits per heavy atom. The van der Waals surface area contributed by atoms with E-state index in [1.54, 1.807) is 0 Å². The first-order valence-corrected chi connectivity index (χ1v) is 7.64. The van der Waals surface area contributed by atoms with E-state index in [1.807, 2.05) is 0 Å². The number of hydrazine groups is 1. The van der Waals surface area contributed by atoms with Crippen molar-refractivity contribution in [3.8, 4) is 0 Å². The predicted molar refractivity (Wildman–Crippen MR) is 77.3 cm³/mol. The summed E-state index contributed by atoms with van der Waals surface area (Å²) in [5, 5.41) is 0. The number of halogens is 3. The van der Waals surface area contributed by atoms with Gasteiger partial charge in [0.25, 0.3) is 0 Å². The molecule has 1 aliphatic rings. The van der Waals surface area contributed by atoms with Crippen molar-refractivity contribution in [3.05, 3.63) is 35.4 Å². The Bertz CT molecular complexity index is 420. The molecule has 0 amide bonds. The molecule has 0 saturated heterocycles. The van der Waals surface area contributed by atoms with Gasteiger partial charge in [0.05, 0.1) is 5.56 Å². The molecule has 3 N–H and O–H groups in total. The highest BCUT2D eigenvalue weighted by molar-refractivity contribution is 5.26. The van der Waals surface area contributed by atoms with Crippen LogP contribution >= 0.6 is 0 Å². The van der Waals surface area contributed by atoms with Crippen LogP contribution in [-0.2, 0) is 6.18 Å². The Kier molecular flexibility index (Phi) is 5.65. The average Bonchev–Trinajstić information content (AvgIpc) is 2.72. The predicted octanol–water partition coefficient (Wildman–Crippen LogP) is 4.57. The second-order valence-corrected chi connectivity index (χ2v) is 5.93. The Morgan fingerprint density at radius 2 is 1.62 bits per heavy atom. The third kappa shape index (κ3) is 4.71. The van der Waals surface area contributed by atoms with Crippen LogP contribution in [0.2, 0.25) is 0 Å². The van der Waals surface area contributed by atoms with Crippen molar-refractivity contribution in [2.45, 2.75) is 57.2 Å². The lowest BCUT2D eigenvalue weighted by Gasteiger charge is -2.22. The van der Waals surface area contributed by atoms with Crippen molar-refractivity contribution in [2.75, 3.05) is 0 Å². The van der Waals surface area contributed by atoms with Crippen LogP contribution in [0.5, 0.6) is 0 Å². The Morgan fingerprint density at radius 3 is 2.10 bits per heavy atom. The molecular formula is C16H23F3N2. The summed E-state index contributed by atoms with van der Waals surface area (Å²) in [5.74, 6) is 6.22. The zero-order chi connectivity index (χ0) is 15.3. The maximum absolute atomic E-state index is 12.6. The number of hydrogen-bond donors (Lipinski definition) is 2. The van der Waals surface area contributed by atoms with Crippen LogP contribution in [0.15, 0.2) is 24.3 Å². The maximum atomic E-state index is 12.6. The second kappa shape index (κ2) is 7.27. The van der Waals surface area contributed by atoms with E-state index in [-0.39, 0.29) is 6.04 Å².